The molecule has 324 valence electrons. The van der Waals surface area contributed by atoms with Gasteiger partial charge in [0.2, 0.25) is 0 Å². The van der Waals surface area contributed by atoms with E-state index < -0.39 is 0 Å². The Morgan fingerprint density at radius 3 is 1.85 bits per heavy atom. The van der Waals surface area contributed by atoms with Crippen molar-refractivity contribution in [3.63, 3.8) is 0 Å². The molecule has 0 saturated carbocycles. The average molecular weight is 855 g/mol. The maximum atomic E-state index is 5.56. The predicted octanol–water partition coefficient (Wildman–Crippen LogP) is 16.5. The Hall–Kier alpha value is -7.16. The van der Waals surface area contributed by atoms with Crippen LogP contribution in [0.5, 0.6) is 0 Å². The summed E-state index contributed by atoms with van der Waals surface area (Å²) in [6.07, 6.45) is 15.5. The normalized spacial score (nSPS) is 19.3. The Balaban J connectivity index is 1.07. The highest BCUT2D eigenvalue weighted by Crippen LogP contribution is 2.43. The number of fused-ring (bicyclic) bond motifs is 5. The van der Waals surface area contributed by atoms with Crippen molar-refractivity contribution in [1.29, 1.82) is 0 Å². The maximum Gasteiger partial charge on any atom is 0.155 e. The van der Waals surface area contributed by atoms with Crippen LogP contribution in [0.15, 0.2) is 239 Å². The van der Waals surface area contributed by atoms with Crippen molar-refractivity contribution in [3.8, 4) is 33.4 Å². The summed E-state index contributed by atoms with van der Waals surface area (Å²) in [6.45, 7) is 6.96. The van der Waals surface area contributed by atoms with Crippen LogP contribution in [0, 0.1) is 5.92 Å². The fraction of sp³-hybridized carbons (Fsp3) is 0.188. The molecule has 0 aromatic heterocycles. The van der Waals surface area contributed by atoms with Gasteiger partial charge >= 0.3 is 0 Å². The molecule has 7 aromatic rings. The molecule has 2 heteroatoms. The molecule has 0 bridgehead atoms. The van der Waals surface area contributed by atoms with Gasteiger partial charge in [-0.25, -0.2) is 4.99 Å². The monoisotopic (exact) mass is 854 g/mol. The van der Waals surface area contributed by atoms with Gasteiger partial charge in [0.15, 0.2) is 5.84 Å². The lowest BCUT2D eigenvalue weighted by atomic mass is 9.77. The molecule has 2 aliphatic carbocycles. The summed E-state index contributed by atoms with van der Waals surface area (Å²) in [4.78, 5) is 11.1. The zero-order valence-electron chi connectivity index (χ0n) is 38.5. The molecule has 2 unspecified atom stereocenters. The minimum atomic E-state index is -0.0455. The van der Waals surface area contributed by atoms with E-state index in [0.717, 1.165) is 61.2 Å². The predicted molar refractivity (Wildman–Crippen MR) is 279 cm³/mol. The van der Waals surface area contributed by atoms with E-state index in [1.165, 1.54) is 77.9 Å². The summed E-state index contributed by atoms with van der Waals surface area (Å²) < 4.78 is 0. The standard InChI is InChI=1S/C64H58N2/c1-4-53(58-34-16-17-35-59(58)55-41-40-47-25-13-15-33-57(47)61-37-19-18-36-60(61)56-32-14-12-24-46(56)39-38-44(55)3)50-29-21-31-52(43-50)64-65-62(48-26-10-7-11-27-48)54(5-2)63(66-64)51-30-20-28-49(42-51)45-22-8-6-9-23-45/h6-15,17-33,35-38,41-43,53-54,62H,4-5,16,34,39-40H2,1-3H3/b44-38-,55-41+/t53?,54?,62-/m1/s1. The third-order valence-electron chi connectivity index (χ3n) is 14.1. The fourth-order valence-corrected chi connectivity index (χ4v) is 10.7. The van der Waals surface area contributed by atoms with Crippen molar-refractivity contribution < 1.29 is 0 Å². The zero-order valence-corrected chi connectivity index (χ0v) is 38.5. The van der Waals surface area contributed by atoms with E-state index in [4.69, 9.17) is 9.98 Å². The van der Waals surface area contributed by atoms with E-state index in [9.17, 15) is 0 Å². The Morgan fingerprint density at radius 1 is 0.561 bits per heavy atom. The second kappa shape index (κ2) is 19.5. The number of benzene rings is 7. The average Bonchev–Trinajstić information content (AvgIpc) is 3.39. The van der Waals surface area contributed by atoms with Crippen molar-refractivity contribution in [2.24, 2.45) is 15.9 Å². The van der Waals surface area contributed by atoms with Gasteiger partial charge in [-0.2, -0.15) is 0 Å². The molecule has 0 radical (unpaired) electrons. The minimum absolute atomic E-state index is 0.0455. The largest absolute Gasteiger partial charge is 0.257 e. The van der Waals surface area contributed by atoms with Crippen molar-refractivity contribution in [3.05, 3.63) is 262 Å². The lowest BCUT2D eigenvalue weighted by molar-refractivity contribution is 0.532. The molecular weight excluding hydrogens is 797 g/mol. The molecule has 7 aromatic carbocycles. The van der Waals surface area contributed by atoms with Gasteiger partial charge in [0.05, 0.1) is 11.8 Å². The molecule has 2 nitrogen and oxygen atoms in total. The van der Waals surface area contributed by atoms with Crippen LogP contribution in [0.2, 0.25) is 0 Å². The minimum Gasteiger partial charge on any atom is -0.257 e. The summed E-state index contributed by atoms with van der Waals surface area (Å²) in [5.74, 6) is 1.19. The zero-order chi connectivity index (χ0) is 44.8. The molecule has 0 N–H and O–H groups in total. The lowest BCUT2D eigenvalue weighted by Gasteiger charge is -2.30. The van der Waals surface area contributed by atoms with Crippen molar-refractivity contribution in [1.82, 2.24) is 0 Å². The van der Waals surface area contributed by atoms with Crippen LogP contribution in [-0.2, 0) is 12.8 Å². The number of hydrogen-bond acceptors (Lipinski definition) is 2. The molecular formula is C64H58N2. The van der Waals surface area contributed by atoms with Crippen LogP contribution in [0.4, 0.5) is 0 Å². The van der Waals surface area contributed by atoms with Crippen LogP contribution < -0.4 is 0 Å². The first-order valence-corrected chi connectivity index (χ1v) is 24.1. The Morgan fingerprint density at radius 2 is 1.15 bits per heavy atom. The number of hydrogen-bond donors (Lipinski definition) is 0. The molecule has 66 heavy (non-hydrogen) atoms. The topological polar surface area (TPSA) is 24.7 Å². The van der Waals surface area contributed by atoms with E-state index in [2.05, 4.69) is 227 Å². The summed E-state index contributed by atoms with van der Waals surface area (Å²) >= 11 is 0. The van der Waals surface area contributed by atoms with E-state index in [1.807, 2.05) is 0 Å². The van der Waals surface area contributed by atoms with E-state index >= 15 is 0 Å². The van der Waals surface area contributed by atoms with Crippen LogP contribution in [0.1, 0.15) is 91.8 Å². The second-order valence-electron chi connectivity index (χ2n) is 18.0. The van der Waals surface area contributed by atoms with Gasteiger partial charge in [0.25, 0.3) is 0 Å². The van der Waals surface area contributed by atoms with Crippen molar-refractivity contribution in [2.75, 3.05) is 0 Å². The molecule has 10 rings (SSSR count). The van der Waals surface area contributed by atoms with Gasteiger partial charge in [0.1, 0.15) is 0 Å². The van der Waals surface area contributed by atoms with E-state index in [0.29, 0.717) is 0 Å². The summed E-state index contributed by atoms with van der Waals surface area (Å²) in [6, 6.07) is 66.5. The number of nitrogens with zero attached hydrogens (tertiary/aromatic N) is 2. The smallest absolute Gasteiger partial charge is 0.155 e. The quantitative estimate of drug-likeness (QED) is 0.138. The van der Waals surface area contributed by atoms with Crippen molar-refractivity contribution in [2.45, 2.75) is 71.3 Å². The molecule has 0 fully saturated rings. The van der Waals surface area contributed by atoms with E-state index in [-0.39, 0.29) is 17.9 Å². The van der Waals surface area contributed by atoms with Crippen LogP contribution in [0.25, 0.3) is 33.4 Å². The molecule has 0 amide bonds. The molecule has 3 atom stereocenters. The van der Waals surface area contributed by atoms with Crippen LogP contribution in [-0.4, -0.2) is 11.5 Å². The van der Waals surface area contributed by atoms with Gasteiger partial charge in [-0.05, 0) is 135 Å². The molecule has 1 heterocycles. The SMILES string of the molecule is CCC(C1=C(C2=C/Cc3ccccc3-c3ccccc3-c3ccccc3C/C=C\2C)C=CCC1)c1cccc(C2=N[C@H](c3ccccc3)C(CC)C(c3cccc(-c4ccccc4)c3)=N2)c1. The third-order valence-corrected chi connectivity index (χ3v) is 14.1. The number of allylic oxidation sites excluding steroid dienone is 8. The molecule has 0 saturated heterocycles. The van der Waals surface area contributed by atoms with Crippen molar-refractivity contribution >= 4 is 11.5 Å². The molecule has 3 aliphatic rings. The van der Waals surface area contributed by atoms with E-state index in [1.54, 1.807) is 0 Å². The first-order valence-electron chi connectivity index (χ1n) is 24.1. The van der Waals surface area contributed by atoms with Gasteiger partial charge in [0, 0.05) is 17.4 Å². The molecule has 0 spiro atoms. The number of aliphatic imine (C=N–C) groups is 2. The van der Waals surface area contributed by atoms with Gasteiger partial charge in [-0.3, -0.25) is 4.99 Å². The first-order chi connectivity index (χ1) is 32.6. The highest BCUT2D eigenvalue weighted by atomic mass is 15.0. The maximum absolute atomic E-state index is 5.56. The highest BCUT2D eigenvalue weighted by molar-refractivity contribution is 6.15. The molecule has 1 aliphatic heterocycles. The second-order valence-corrected chi connectivity index (χ2v) is 18.0. The summed E-state index contributed by atoms with van der Waals surface area (Å²) in [5.41, 5.74) is 21.7. The Kier molecular flexibility index (Phi) is 12.7. The number of rotatable bonds is 9. The third kappa shape index (κ3) is 8.69. The van der Waals surface area contributed by atoms with Gasteiger partial charge in [-0.15, -0.1) is 0 Å². The number of amidine groups is 1. The van der Waals surface area contributed by atoms with Crippen LogP contribution in [0.3, 0.4) is 0 Å². The lowest BCUT2D eigenvalue weighted by Crippen LogP contribution is -2.28. The van der Waals surface area contributed by atoms with Crippen LogP contribution >= 0.6 is 0 Å². The first kappa shape index (κ1) is 42.8. The van der Waals surface area contributed by atoms with Gasteiger partial charge in [-0.1, -0.05) is 214 Å². The summed E-state index contributed by atoms with van der Waals surface area (Å²) in [7, 11) is 0. The Bertz CT molecular complexity index is 3070. The highest BCUT2D eigenvalue weighted by Gasteiger charge is 2.32. The fourth-order valence-electron chi connectivity index (χ4n) is 10.7. The Labute approximate surface area is 392 Å². The van der Waals surface area contributed by atoms with Gasteiger partial charge < -0.3 is 0 Å². The summed E-state index contributed by atoms with van der Waals surface area (Å²) in [5, 5.41) is 0.